The summed E-state index contributed by atoms with van der Waals surface area (Å²) in [7, 11) is -0.0605. The van der Waals surface area contributed by atoms with Gasteiger partial charge in [0, 0.05) is 11.8 Å². The monoisotopic (exact) mass is 218 g/mol. The maximum atomic E-state index is 5.90. The number of thiol groups is 1. The molecule has 0 bridgehead atoms. The van der Waals surface area contributed by atoms with Crippen LogP contribution < -0.4 is 0 Å². The van der Waals surface area contributed by atoms with E-state index in [1.807, 2.05) is 0 Å². The molecule has 0 aromatic rings. The van der Waals surface area contributed by atoms with Gasteiger partial charge in [0.15, 0.2) is 0 Å². The van der Waals surface area contributed by atoms with Gasteiger partial charge in [0.1, 0.15) is 0 Å². The third-order valence-electron chi connectivity index (χ3n) is 3.03. The Balaban J connectivity index is 2.24. The van der Waals surface area contributed by atoms with Crippen LogP contribution >= 0.6 is 12.6 Å². The number of ether oxygens (including phenoxy) is 1. The average molecular weight is 218 g/mol. The summed E-state index contributed by atoms with van der Waals surface area (Å²) in [6.07, 6.45) is 3.95. The zero-order valence-corrected chi connectivity index (χ0v) is 11.2. The van der Waals surface area contributed by atoms with Crippen LogP contribution in [-0.4, -0.2) is 27.1 Å². The van der Waals surface area contributed by atoms with E-state index >= 15 is 0 Å². The van der Waals surface area contributed by atoms with Crippen LogP contribution in [0.4, 0.5) is 0 Å². The molecule has 13 heavy (non-hydrogen) atoms. The van der Waals surface area contributed by atoms with Crippen molar-refractivity contribution in [2.45, 2.75) is 44.4 Å². The Kier molecular flexibility index (Phi) is 4.84. The highest BCUT2D eigenvalue weighted by Crippen LogP contribution is 2.25. The molecule has 2 unspecified atom stereocenters. The topological polar surface area (TPSA) is 9.23 Å². The van der Waals surface area contributed by atoms with Gasteiger partial charge in [-0.05, 0) is 37.9 Å². The first-order chi connectivity index (χ1) is 6.16. The third kappa shape index (κ3) is 4.04. The van der Waals surface area contributed by atoms with Crippen molar-refractivity contribution < 1.29 is 4.74 Å². The predicted octanol–water partition coefficient (Wildman–Crippen LogP) is 2.06. The van der Waals surface area contributed by atoms with E-state index in [1.165, 1.54) is 25.3 Å². The average Bonchev–Trinajstić information content (AvgIpc) is 2.15. The summed E-state index contributed by atoms with van der Waals surface area (Å²) in [5.41, 5.74) is 0. The van der Waals surface area contributed by atoms with Crippen molar-refractivity contribution in [3.05, 3.63) is 0 Å². The highest BCUT2D eigenvalue weighted by molar-refractivity contribution is 7.80. The molecule has 2 atom stereocenters. The van der Waals surface area contributed by atoms with Crippen LogP contribution in [0.25, 0.3) is 0 Å². The van der Waals surface area contributed by atoms with Gasteiger partial charge in [-0.1, -0.05) is 13.0 Å². The van der Waals surface area contributed by atoms with E-state index in [0.717, 1.165) is 18.3 Å². The molecule has 1 rings (SSSR count). The lowest BCUT2D eigenvalue weighted by atomic mass is 10.1. The second-order valence-electron chi connectivity index (χ2n) is 4.58. The molecule has 1 saturated heterocycles. The van der Waals surface area contributed by atoms with Gasteiger partial charge >= 0.3 is 0 Å². The van der Waals surface area contributed by atoms with Crippen LogP contribution in [0.1, 0.15) is 33.1 Å². The van der Waals surface area contributed by atoms with Crippen molar-refractivity contribution >= 4 is 22.1 Å². The maximum Gasteiger partial charge on any atom is 0.0594 e. The second kappa shape index (κ2) is 5.42. The first-order valence-electron chi connectivity index (χ1n) is 5.41. The number of hydrogen-bond acceptors (Lipinski definition) is 2. The largest absolute Gasteiger partial charge is 0.379 e. The van der Waals surface area contributed by atoms with E-state index in [1.54, 1.807) is 0 Å². The van der Waals surface area contributed by atoms with Crippen molar-refractivity contribution in [1.82, 2.24) is 0 Å². The van der Waals surface area contributed by atoms with Crippen molar-refractivity contribution in [2.75, 3.05) is 12.4 Å². The van der Waals surface area contributed by atoms with Crippen LogP contribution in [0.15, 0.2) is 0 Å². The lowest BCUT2D eigenvalue weighted by Crippen LogP contribution is -2.39. The summed E-state index contributed by atoms with van der Waals surface area (Å²) in [5, 5.41) is 0.315. The predicted molar refractivity (Wildman–Crippen MR) is 64.6 cm³/mol. The van der Waals surface area contributed by atoms with E-state index in [4.69, 9.17) is 4.74 Å². The molecule has 0 aromatic carbocycles. The summed E-state index contributed by atoms with van der Waals surface area (Å²) >= 11 is 4.32. The van der Waals surface area contributed by atoms with Crippen LogP contribution in [0.5, 0.6) is 0 Å². The van der Waals surface area contributed by atoms with Crippen LogP contribution in [-0.2, 0) is 4.74 Å². The highest BCUT2D eigenvalue weighted by atomic mass is 32.1. The van der Waals surface area contributed by atoms with Gasteiger partial charge in [-0.25, -0.2) is 0 Å². The highest BCUT2D eigenvalue weighted by Gasteiger charge is 2.27. The van der Waals surface area contributed by atoms with Gasteiger partial charge in [-0.2, -0.15) is 12.6 Å². The molecular formula is C10H22OSSi. The number of rotatable bonds is 4. The van der Waals surface area contributed by atoms with Gasteiger partial charge in [0.2, 0.25) is 0 Å². The standard InChI is InChI=1S/C10H22OSSi/c1-9(7-12)8-13-10(2)5-3-4-6-11-10/h9,12H,3-8,13H2,1-2H3. The molecule has 1 aliphatic heterocycles. The molecule has 78 valence electrons. The molecule has 1 fully saturated rings. The van der Waals surface area contributed by atoms with Crippen LogP contribution in [0.2, 0.25) is 6.04 Å². The van der Waals surface area contributed by atoms with E-state index in [2.05, 4.69) is 26.5 Å². The van der Waals surface area contributed by atoms with E-state index < -0.39 is 0 Å². The van der Waals surface area contributed by atoms with Gasteiger partial charge in [-0.15, -0.1) is 0 Å². The fraction of sp³-hybridized carbons (Fsp3) is 1.00. The maximum absolute atomic E-state index is 5.90. The molecule has 0 saturated carbocycles. The molecule has 0 radical (unpaired) electrons. The zero-order valence-electron chi connectivity index (χ0n) is 8.88. The Morgan fingerprint density at radius 1 is 1.54 bits per heavy atom. The molecule has 0 spiro atoms. The van der Waals surface area contributed by atoms with Crippen molar-refractivity contribution in [2.24, 2.45) is 5.92 Å². The molecule has 1 heterocycles. The summed E-state index contributed by atoms with van der Waals surface area (Å²) < 4.78 is 5.90. The Bertz CT molecular complexity index is 146. The Labute approximate surface area is 89.9 Å². The van der Waals surface area contributed by atoms with E-state index in [-0.39, 0.29) is 9.52 Å². The zero-order chi connectivity index (χ0) is 9.73. The first kappa shape index (κ1) is 11.6. The summed E-state index contributed by atoms with van der Waals surface area (Å²) in [4.78, 5) is 0. The first-order valence-corrected chi connectivity index (χ1v) is 7.75. The van der Waals surface area contributed by atoms with Gasteiger partial charge in [-0.3, -0.25) is 0 Å². The fourth-order valence-electron chi connectivity index (χ4n) is 1.83. The SMILES string of the molecule is CC(CS)C[SiH2]C1(C)CCCCO1. The molecule has 0 amide bonds. The molecular weight excluding hydrogens is 196 g/mol. The quantitative estimate of drug-likeness (QED) is 0.561. The molecule has 0 aromatic heterocycles. The van der Waals surface area contributed by atoms with Crippen LogP contribution in [0, 0.1) is 5.92 Å². The van der Waals surface area contributed by atoms with E-state index in [0.29, 0.717) is 5.22 Å². The molecule has 1 aliphatic rings. The molecule has 0 N–H and O–H groups in total. The summed E-state index contributed by atoms with van der Waals surface area (Å²) in [5.74, 6) is 1.82. The van der Waals surface area contributed by atoms with Crippen LogP contribution in [0.3, 0.4) is 0 Å². The van der Waals surface area contributed by atoms with Crippen molar-refractivity contribution in [1.29, 1.82) is 0 Å². The summed E-state index contributed by atoms with van der Waals surface area (Å²) in [6, 6.07) is 1.39. The Hall–Kier alpha value is 0.527. The third-order valence-corrected chi connectivity index (χ3v) is 6.54. The number of hydrogen-bond donors (Lipinski definition) is 1. The smallest absolute Gasteiger partial charge is 0.0594 e. The minimum atomic E-state index is -0.0605. The Morgan fingerprint density at radius 3 is 2.85 bits per heavy atom. The normalized spacial score (nSPS) is 32.5. The molecule has 1 nitrogen and oxygen atoms in total. The molecule has 0 aliphatic carbocycles. The van der Waals surface area contributed by atoms with Gasteiger partial charge in [0.05, 0.1) is 9.52 Å². The van der Waals surface area contributed by atoms with Crippen molar-refractivity contribution in [3.63, 3.8) is 0 Å². The minimum Gasteiger partial charge on any atom is -0.379 e. The molecule has 3 heteroatoms. The van der Waals surface area contributed by atoms with Gasteiger partial charge in [0.25, 0.3) is 0 Å². The lowest BCUT2D eigenvalue weighted by molar-refractivity contribution is -0.00751. The minimum absolute atomic E-state index is 0.0605. The van der Waals surface area contributed by atoms with E-state index in [9.17, 15) is 0 Å². The lowest BCUT2D eigenvalue weighted by Gasteiger charge is -2.34. The second-order valence-corrected chi connectivity index (χ2v) is 7.52. The van der Waals surface area contributed by atoms with Gasteiger partial charge < -0.3 is 4.74 Å². The Morgan fingerprint density at radius 2 is 2.31 bits per heavy atom. The van der Waals surface area contributed by atoms with Crippen molar-refractivity contribution in [3.8, 4) is 0 Å². The fourth-order valence-corrected chi connectivity index (χ4v) is 4.45. The summed E-state index contributed by atoms with van der Waals surface area (Å²) in [6.45, 7) is 5.62.